The van der Waals surface area contributed by atoms with Crippen molar-refractivity contribution < 1.29 is 28.7 Å². The van der Waals surface area contributed by atoms with Gasteiger partial charge in [-0.05, 0) is 44.5 Å². The van der Waals surface area contributed by atoms with Gasteiger partial charge in [-0.2, -0.15) is 0 Å². The number of rotatable bonds is 11. The number of ether oxygens (including phenoxy) is 1. The second kappa shape index (κ2) is 13.2. The van der Waals surface area contributed by atoms with Gasteiger partial charge in [-0.1, -0.05) is 36.4 Å². The van der Waals surface area contributed by atoms with Crippen LogP contribution in [0.2, 0.25) is 0 Å². The standard InChI is InChI=1S/C30H35N5O6S/c1-5-34(24(37)18-36)16-15-33(4)29(40)32-25(21-11-7-6-8-12-21)28(39)41-19-30(3)20(2)35-26(38)23(27(35)42-30)17-22-13-9-10-14-31-22/h6-14,17-18,20,25,27H,5,15-16,19H2,1-4H3,(H,32,40)/b23-17-/t20?,25?,27?,30-/m0/s1. The topological polar surface area (TPSA) is 129 Å². The Hall–Kier alpha value is -4.19. The van der Waals surface area contributed by atoms with Gasteiger partial charge in [-0.15, -0.1) is 11.8 Å². The number of hydrogen-bond acceptors (Lipinski definition) is 8. The van der Waals surface area contributed by atoms with Gasteiger partial charge in [0.2, 0.25) is 6.29 Å². The molecule has 12 heteroatoms. The number of aldehydes is 1. The van der Waals surface area contributed by atoms with E-state index in [1.165, 1.54) is 16.8 Å². The van der Waals surface area contributed by atoms with E-state index in [1.807, 2.05) is 32.0 Å². The van der Waals surface area contributed by atoms with Crippen LogP contribution >= 0.6 is 11.8 Å². The Balaban J connectivity index is 1.41. The van der Waals surface area contributed by atoms with E-state index >= 15 is 0 Å². The van der Waals surface area contributed by atoms with Gasteiger partial charge in [0.05, 0.1) is 16.0 Å². The number of urea groups is 1. The molecule has 4 rings (SSSR count). The number of aromatic nitrogens is 1. The zero-order valence-corrected chi connectivity index (χ0v) is 24.9. The molecule has 42 heavy (non-hydrogen) atoms. The number of thioether (sulfide) groups is 1. The molecule has 4 atom stereocenters. The summed E-state index contributed by atoms with van der Waals surface area (Å²) in [6.45, 7) is 6.32. The molecule has 0 radical (unpaired) electrons. The summed E-state index contributed by atoms with van der Waals surface area (Å²) < 4.78 is 5.24. The first-order chi connectivity index (χ1) is 20.1. The summed E-state index contributed by atoms with van der Waals surface area (Å²) >= 11 is 1.57. The van der Waals surface area contributed by atoms with E-state index in [9.17, 15) is 24.0 Å². The molecule has 11 nitrogen and oxygen atoms in total. The zero-order valence-electron chi connectivity index (χ0n) is 24.1. The van der Waals surface area contributed by atoms with Crippen molar-refractivity contribution >= 4 is 47.9 Å². The number of β-lactam (4-membered cyclic amide) rings is 1. The number of likely N-dealkylation sites (N-methyl/N-ethyl adjacent to an activating group) is 2. The van der Waals surface area contributed by atoms with Crippen LogP contribution in [0.25, 0.3) is 6.08 Å². The lowest BCUT2D eigenvalue weighted by molar-refractivity contribution is -0.147. The van der Waals surface area contributed by atoms with Gasteiger partial charge in [-0.25, -0.2) is 9.59 Å². The Kier molecular flexibility index (Phi) is 9.66. The predicted octanol–water partition coefficient (Wildman–Crippen LogP) is 2.50. The third kappa shape index (κ3) is 6.48. The van der Waals surface area contributed by atoms with Crippen LogP contribution in [-0.2, 0) is 23.9 Å². The van der Waals surface area contributed by atoms with Crippen LogP contribution in [-0.4, -0.2) is 99.2 Å². The van der Waals surface area contributed by atoms with Crippen molar-refractivity contribution in [1.29, 1.82) is 0 Å². The fraction of sp³-hybridized carbons (Fsp3) is 0.400. The van der Waals surface area contributed by atoms with E-state index in [2.05, 4.69) is 10.3 Å². The fourth-order valence-corrected chi connectivity index (χ4v) is 6.46. The second-order valence-electron chi connectivity index (χ2n) is 10.4. The molecule has 1 aromatic carbocycles. The molecule has 2 fully saturated rings. The van der Waals surface area contributed by atoms with E-state index in [0.717, 1.165) is 0 Å². The quantitative estimate of drug-likeness (QED) is 0.138. The summed E-state index contributed by atoms with van der Waals surface area (Å²) in [5.74, 6) is -1.35. The molecule has 1 N–H and O–H groups in total. The number of esters is 1. The number of pyridine rings is 1. The number of benzene rings is 1. The van der Waals surface area contributed by atoms with E-state index < -0.39 is 28.7 Å². The van der Waals surface area contributed by atoms with Crippen LogP contribution in [0.1, 0.15) is 38.1 Å². The molecule has 4 amide bonds. The van der Waals surface area contributed by atoms with Crippen molar-refractivity contribution in [2.75, 3.05) is 33.3 Å². The smallest absolute Gasteiger partial charge is 0.333 e. The molecule has 2 aliphatic heterocycles. The third-order valence-corrected chi connectivity index (χ3v) is 9.36. The Morgan fingerprint density at radius 3 is 2.52 bits per heavy atom. The highest BCUT2D eigenvalue weighted by atomic mass is 32.2. The molecular weight excluding hydrogens is 558 g/mol. The van der Waals surface area contributed by atoms with Crippen molar-refractivity contribution in [3.8, 4) is 0 Å². The second-order valence-corrected chi connectivity index (χ2v) is 12.0. The van der Waals surface area contributed by atoms with E-state index in [-0.39, 0.29) is 43.3 Å². The summed E-state index contributed by atoms with van der Waals surface area (Å²) in [7, 11) is 1.54. The minimum absolute atomic E-state index is 0.0309. The predicted molar refractivity (Wildman–Crippen MR) is 158 cm³/mol. The van der Waals surface area contributed by atoms with Gasteiger partial charge >= 0.3 is 12.0 Å². The minimum atomic E-state index is -1.08. The Morgan fingerprint density at radius 1 is 1.17 bits per heavy atom. The highest BCUT2D eigenvalue weighted by Gasteiger charge is 2.59. The molecule has 2 saturated heterocycles. The number of nitrogens with one attached hydrogen (secondary N) is 1. The zero-order chi connectivity index (χ0) is 30.4. The lowest BCUT2D eigenvalue weighted by atomic mass is 9.95. The highest BCUT2D eigenvalue weighted by molar-refractivity contribution is 8.02. The van der Waals surface area contributed by atoms with Crippen molar-refractivity contribution in [3.63, 3.8) is 0 Å². The maximum Gasteiger partial charge on any atom is 0.333 e. The average molecular weight is 594 g/mol. The van der Waals surface area contributed by atoms with Crippen molar-refractivity contribution in [2.24, 2.45) is 0 Å². The molecule has 3 unspecified atom stereocenters. The maximum atomic E-state index is 13.4. The van der Waals surface area contributed by atoms with Gasteiger partial charge < -0.3 is 24.8 Å². The molecule has 0 aliphatic carbocycles. The summed E-state index contributed by atoms with van der Waals surface area (Å²) in [6.07, 6.45) is 3.72. The van der Waals surface area contributed by atoms with E-state index in [0.29, 0.717) is 23.4 Å². The summed E-state index contributed by atoms with van der Waals surface area (Å²) in [5, 5.41) is 2.58. The monoisotopic (exact) mass is 593 g/mol. The summed E-state index contributed by atoms with van der Waals surface area (Å²) in [5.41, 5.74) is 1.92. The van der Waals surface area contributed by atoms with Gasteiger partial charge in [0.1, 0.15) is 12.0 Å². The first-order valence-corrected chi connectivity index (χ1v) is 14.6. The molecule has 222 valence electrons. The van der Waals surface area contributed by atoms with Crippen molar-refractivity contribution in [1.82, 2.24) is 25.0 Å². The number of carbonyl (C=O) groups is 5. The van der Waals surface area contributed by atoms with Crippen LogP contribution in [0, 0.1) is 0 Å². The SMILES string of the molecule is CCN(CCN(C)C(=O)NC(C(=O)OC[C@]1(C)SC2/C(=C\c3ccccn3)C(=O)N2C1C)c1ccccc1)C(=O)C=O. The van der Waals surface area contributed by atoms with Crippen LogP contribution in [0.15, 0.2) is 60.3 Å². The molecule has 0 saturated carbocycles. The minimum Gasteiger partial charge on any atom is -0.462 e. The van der Waals surface area contributed by atoms with Crippen molar-refractivity contribution in [2.45, 2.75) is 43.0 Å². The summed E-state index contributed by atoms with van der Waals surface area (Å²) in [4.78, 5) is 70.7. The van der Waals surface area contributed by atoms with Gasteiger partial charge in [0, 0.05) is 38.9 Å². The van der Waals surface area contributed by atoms with Gasteiger partial charge in [0.25, 0.3) is 11.8 Å². The molecule has 2 aliphatic rings. The highest BCUT2D eigenvalue weighted by Crippen LogP contribution is 2.53. The number of amides is 4. The van der Waals surface area contributed by atoms with Crippen LogP contribution in [0.5, 0.6) is 0 Å². The van der Waals surface area contributed by atoms with Crippen LogP contribution in [0.4, 0.5) is 4.79 Å². The van der Waals surface area contributed by atoms with Crippen LogP contribution in [0.3, 0.4) is 0 Å². The van der Waals surface area contributed by atoms with E-state index in [4.69, 9.17) is 4.74 Å². The Bertz CT molecular complexity index is 1360. The molecule has 2 aromatic rings. The Morgan fingerprint density at radius 2 is 1.88 bits per heavy atom. The number of fused-ring (bicyclic) bond motifs is 1. The first kappa shape index (κ1) is 30.8. The fourth-order valence-electron chi connectivity index (χ4n) is 4.83. The lowest BCUT2D eigenvalue weighted by Gasteiger charge is -2.39. The summed E-state index contributed by atoms with van der Waals surface area (Å²) in [6, 6.07) is 12.5. The lowest BCUT2D eigenvalue weighted by Crippen LogP contribution is -2.55. The normalized spacial score (nSPS) is 22.5. The Labute approximate surface area is 249 Å². The van der Waals surface area contributed by atoms with E-state index in [1.54, 1.807) is 66.2 Å². The molecular formula is C30H35N5O6S. The molecule has 3 heterocycles. The molecule has 0 bridgehead atoms. The number of carbonyl (C=O) groups excluding carboxylic acids is 5. The third-order valence-electron chi connectivity index (χ3n) is 7.66. The average Bonchev–Trinajstić information content (AvgIpc) is 3.25. The molecule has 0 spiro atoms. The number of nitrogens with zero attached hydrogens (tertiary/aromatic N) is 4. The molecule has 1 aromatic heterocycles. The van der Waals surface area contributed by atoms with Crippen molar-refractivity contribution in [3.05, 3.63) is 71.6 Å². The van der Waals surface area contributed by atoms with Gasteiger partial charge in [0.15, 0.2) is 6.04 Å². The van der Waals surface area contributed by atoms with Gasteiger partial charge in [-0.3, -0.25) is 19.4 Å². The van der Waals surface area contributed by atoms with Crippen LogP contribution < -0.4 is 5.32 Å². The first-order valence-electron chi connectivity index (χ1n) is 13.7. The maximum absolute atomic E-state index is 13.4. The number of hydrogen-bond donors (Lipinski definition) is 1. The largest absolute Gasteiger partial charge is 0.462 e.